The van der Waals surface area contributed by atoms with Gasteiger partial charge in [-0.1, -0.05) is 27.7 Å². The van der Waals surface area contributed by atoms with Gasteiger partial charge in [-0.25, -0.2) is 0 Å². The molecule has 6 heteroatoms. The SMILES string of the molecule is CCC(C)(CCOC(C)(C)CCC(=O)NCCCCC(NC(C)(C)C)C(=O)C(C)(C)CC)NC. The Balaban J connectivity index is 4.38. The largest absolute Gasteiger partial charge is 0.375 e. The summed E-state index contributed by atoms with van der Waals surface area (Å²) >= 11 is 0. The molecule has 0 spiro atoms. The van der Waals surface area contributed by atoms with Crippen LogP contribution >= 0.6 is 0 Å². The van der Waals surface area contributed by atoms with Crippen LogP contribution in [-0.4, -0.2) is 54.6 Å². The van der Waals surface area contributed by atoms with Gasteiger partial charge in [0.25, 0.3) is 0 Å². The summed E-state index contributed by atoms with van der Waals surface area (Å²) in [7, 11) is 1.99. The highest BCUT2D eigenvalue weighted by atomic mass is 16.5. The summed E-state index contributed by atoms with van der Waals surface area (Å²) in [5, 5.41) is 9.91. The molecule has 0 heterocycles. The number of unbranched alkanes of at least 4 members (excludes halogenated alkanes) is 1. The van der Waals surface area contributed by atoms with Crippen molar-refractivity contribution in [2.75, 3.05) is 20.2 Å². The lowest BCUT2D eigenvalue weighted by molar-refractivity contribution is -0.130. The molecule has 2 atom stereocenters. The molecule has 0 saturated carbocycles. The van der Waals surface area contributed by atoms with Crippen LogP contribution < -0.4 is 16.0 Å². The monoisotopic (exact) mass is 483 g/mol. The maximum atomic E-state index is 13.0. The Kier molecular flexibility index (Phi) is 14.1. The van der Waals surface area contributed by atoms with Crippen LogP contribution in [0.15, 0.2) is 0 Å². The minimum Gasteiger partial charge on any atom is -0.375 e. The van der Waals surface area contributed by atoms with Gasteiger partial charge in [0.15, 0.2) is 5.78 Å². The molecule has 0 aromatic heterocycles. The van der Waals surface area contributed by atoms with Gasteiger partial charge < -0.3 is 20.7 Å². The van der Waals surface area contributed by atoms with E-state index in [1.165, 1.54) is 0 Å². The molecule has 2 unspecified atom stereocenters. The van der Waals surface area contributed by atoms with E-state index in [9.17, 15) is 9.59 Å². The Bertz CT molecular complexity index is 605. The van der Waals surface area contributed by atoms with E-state index >= 15 is 0 Å². The Morgan fingerprint density at radius 1 is 0.882 bits per heavy atom. The number of ketones is 1. The number of carbonyl (C=O) groups is 2. The van der Waals surface area contributed by atoms with Crippen molar-refractivity contribution in [3.05, 3.63) is 0 Å². The molecule has 0 saturated heterocycles. The second kappa shape index (κ2) is 14.5. The quantitative estimate of drug-likeness (QED) is 0.228. The van der Waals surface area contributed by atoms with E-state index in [1.807, 2.05) is 20.9 Å². The molecule has 34 heavy (non-hydrogen) atoms. The third-order valence-electron chi connectivity index (χ3n) is 7.20. The first-order valence-corrected chi connectivity index (χ1v) is 13.4. The van der Waals surface area contributed by atoms with Crippen molar-refractivity contribution < 1.29 is 14.3 Å². The van der Waals surface area contributed by atoms with Crippen LogP contribution in [0.25, 0.3) is 0 Å². The normalized spacial score (nSPS) is 15.6. The molecule has 0 aliphatic rings. The first-order chi connectivity index (χ1) is 15.5. The van der Waals surface area contributed by atoms with Gasteiger partial charge in [0.05, 0.1) is 11.6 Å². The van der Waals surface area contributed by atoms with Gasteiger partial charge in [-0.2, -0.15) is 0 Å². The third-order valence-corrected chi connectivity index (χ3v) is 7.20. The third kappa shape index (κ3) is 13.8. The smallest absolute Gasteiger partial charge is 0.220 e. The number of carbonyl (C=O) groups excluding carboxylic acids is 2. The van der Waals surface area contributed by atoms with Gasteiger partial charge in [0, 0.05) is 36.1 Å². The lowest BCUT2D eigenvalue weighted by atomic mass is 9.80. The topological polar surface area (TPSA) is 79.5 Å². The van der Waals surface area contributed by atoms with Crippen LogP contribution in [0.2, 0.25) is 0 Å². The molecule has 6 nitrogen and oxygen atoms in total. The average Bonchev–Trinajstić information content (AvgIpc) is 2.75. The molecular formula is C28H57N3O3. The van der Waals surface area contributed by atoms with E-state index in [2.05, 4.69) is 71.3 Å². The van der Waals surface area contributed by atoms with Crippen molar-refractivity contribution in [2.24, 2.45) is 5.41 Å². The molecule has 0 bridgehead atoms. The van der Waals surface area contributed by atoms with Gasteiger partial charge in [0.2, 0.25) is 5.91 Å². The van der Waals surface area contributed by atoms with E-state index in [4.69, 9.17) is 4.74 Å². The Hall–Kier alpha value is -0.980. The number of hydrogen-bond donors (Lipinski definition) is 3. The fourth-order valence-electron chi connectivity index (χ4n) is 3.74. The van der Waals surface area contributed by atoms with Crippen molar-refractivity contribution in [1.29, 1.82) is 0 Å². The van der Waals surface area contributed by atoms with Crippen LogP contribution in [0, 0.1) is 5.41 Å². The average molecular weight is 484 g/mol. The van der Waals surface area contributed by atoms with E-state index in [1.54, 1.807) is 0 Å². The highest BCUT2D eigenvalue weighted by molar-refractivity contribution is 5.89. The van der Waals surface area contributed by atoms with Crippen molar-refractivity contribution in [3.8, 4) is 0 Å². The van der Waals surface area contributed by atoms with E-state index in [-0.39, 0.29) is 39.8 Å². The van der Waals surface area contributed by atoms with Crippen LogP contribution in [-0.2, 0) is 14.3 Å². The van der Waals surface area contributed by atoms with E-state index in [0.29, 0.717) is 26.0 Å². The van der Waals surface area contributed by atoms with Gasteiger partial charge >= 0.3 is 0 Å². The van der Waals surface area contributed by atoms with Gasteiger partial charge in [0.1, 0.15) is 0 Å². The minimum atomic E-state index is -0.325. The summed E-state index contributed by atoms with van der Waals surface area (Å²) in [6.07, 6.45) is 6.53. The number of Topliss-reactive ketones (excluding diaryl/α,β-unsaturated/α-hetero) is 1. The molecule has 0 aromatic carbocycles. The first kappa shape index (κ1) is 33.0. The van der Waals surface area contributed by atoms with Crippen LogP contribution in [0.5, 0.6) is 0 Å². The molecule has 0 aliphatic carbocycles. The number of rotatable bonds is 18. The van der Waals surface area contributed by atoms with Crippen molar-refractivity contribution in [2.45, 2.75) is 143 Å². The van der Waals surface area contributed by atoms with E-state index in [0.717, 1.165) is 38.5 Å². The maximum absolute atomic E-state index is 13.0. The minimum absolute atomic E-state index is 0.0675. The summed E-state index contributed by atoms with van der Waals surface area (Å²) < 4.78 is 6.09. The Morgan fingerprint density at radius 2 is 1.50 bits per heavy atom. The van der Waals surface area contributed by atoms with Crippen molar-refractivity contribution >= 4 is 11.7 Å². The maximum Gasteiger partial charge on any atom is 0.220 e. The van der Waals surface area contributed by atoms with Gasteiger partial charge in [-0.15, -0.1) is 0 Å². The molecular weight excluding hydrogens is 426 g/mol. The number of amides is 1. The second-order valence-electron chi connectivity index (χ2n) is 12.4. The highest BCUT2D eigenvalue weighted by Crippen LogP contribution is 2.25. The number of nitrogens with one attached hydrogen (secondary N) is 3. The Labute approximate surface area is 211 Å². The van der Waals surface area contributed by atoms with Gasteiger partial charge in [-0.05, 0) is 93.5 Å². The van der Waals surface area contributed by atoms with Crippen molar-refractivity contribution in [1.82, 2.24) is 16.0 Å². The fraction of sp³-hybridized carbons (Fsp3) is 0.929. The summed E-state index contributed by atoms with van der Waals surface area (Å²) in [6, 6.07) is -0.152. The second-order valence-corrected chi connectivity index (χ2v) is 12.4. The molecule has 0 fully saturated rings. The number of ether oxygens (including phenoxy) is 1. The first-order valence-electron chi connectivity index (χ1n) is 13.4. The molecule has 0 aromatic rings. The van der Waals surface area contributed by atoms with Crippen LogP contribution in [0.1, 0.15) is 121 Å². The van der Waals surface area contributed by atoms with Crippen molar-refractivity contribution in [3.63, 3.8) is 0 Å². The zero-order valence-electron chi connectivity index (χ0n) is 24.4. The molecule has 0 rings (SSSR count). The standard InChI is InChI=1S/C28H57N3O3/c1-12-26(6,7)24(33)22(31-25(3,4)5)16-14-15-20-30-23(32)17-18-27(8,9)34-21-19-28(10,13-2)29-11/h22,29,31H,12-21H2,1-11H3,(H,30,32). The fourth-order valence-corrected chi connectivity index (χ4v) is 3.74. The summed E-state index contributed by atoms with van der Waals surface area (Å²) in [5.74, 6) is 0.350. The van der Waals surface area contributed by atoms with E-state index < -0.39 is 0 Å². The number of hydrogen-bond acceptors (Lipinski definition) is 5. The zero-order valence-corrected chi connectivity index (χ0v) is 24.4. The zero-order chi connectivity index (χ0) is 26.6. The lowest BCUT2D eigenvalue weighted by Crippen LogP contribution is -2.51. The lowest BCUT2D eigenvalue weighted by Gasteiger charge is -2.33. The molecule has 0 aliphatic heterocycles. The predicted octanol–water partition coefficient (Wildman–Crippen LogP) is 5.39. The summed E-state index contributed by atoms with van der Waals surface area (Å²) in [4.78, 5) is 25.4. The van der Waals surface area contributed by atoms with Gasteiger partial charge in [-0.3, -0.25) is 9.59 Å². The summed E-state index contributed by atoms with van der Waals surface area (Å²) in [6.45, 7) is 22.2. The highest BCUT2D eigenvalue weighted by Gasteiger charge is 2.33. The Morgan fingerprint density at radius 3 is 2.00 bits per heavy atom. The predicted molar refractivity (Wildman–Crippen MR) is 144 cm³/mol. The molecule has 3 N–H and O–H groups in total. The van der Waals surface area contributed by atoms with Crippen LogP contribution in [0.4, 0.5) is 0 Å². The summed E-state index contributed by atoms with van der Waals surface area (Å²) in [5.41, 5.74) is -0.673. The van der Waals surface area contributed by atoms with Crippen LogP contribution in [0.3, 0.4) is 0 Å². The molecule has 1 amide bonds. The molecule has 0 radical (unpaired) electrons. The molecule has 202 valence electrons.